The monoisotopic (exact) mass is 441 g/mol. The maximum Gasteiger partial charge on any atom is 0.322 e. The molecule has 0 saturated carbocycles. The van der Waals surface area contributed by atoms with Crippen molar-refractivity contribution in [3.05, 3.63) is 53.4 Å². The molecule has 1 fully saturated rings. The molecule has 2 heterocycles. The van der Waals surface area contributed by atoms with Gasteiger partial charge >= 0.3 is 6.03 Å². The van der Waals surface area contributed by atoms with Crippen LogP contribution in [0.3, 0.4) is 0 Å². The average Bonchev–Trinajstić information content (AvgIpc) is 3.23. The van der Waals surface area contributed by atoms with Crippen molar-refractivity contribution in [1.82, 2.24) is 15.5 Å². The lowest BCUT2D eigenvalue weighted by molar-refractivity contribution is -0.120. The molecule has 0 bridgehead atoms. The first-order valence-electron chi connectivity index (χ1n) is 10.5. The van der Waals surface area contributed by atoms with Crippen LogP contribution in [0.2, 0.25) is 0 Å². The number of benzene rings is 1. The number of urea groups is 1. The number of halogens is 1. The van der Waals surface area contributed by atoms with Gasteiger partial charge in [0.25, 0.3) is 11.8 Å². The van der Waals surface area contributed by atoms with Gasteiger partial charge in [-0.05, 0) is 42.7 Å². The molecule has 0 aliphatic carbocycles. The van der Waals surface area contributed by atoms with Crippen LogP contribution in [-0.2, 0) is 11.3 Å². The molecule has 170 valence electrons. The Bertz CT molecular complexity index is 975. The average molecular weight is 442 g/mol. The number of allylic oxidation sites excluding steroid dienone is 3. The third-order valence-corrected chi connectivity index (χ3v) is 4.59. The van der Waals surface area contributed by atoms with E-state index >= 15 is 0 Å². The predicted octanol–water partition coefficient (Wildman–Crippen LogP) is 3.47. The molecule has 1 aromatic carbocycles. The van der Waals surface area contributed by atoms with Crippen LogP contribution in [0.5, 0.6) is 5.75 Å². The number of nitrogens with one attached hydrogen (secondary N) is 2. The van der Waals surface area contributed by atoms with E-state index in [0.717, 1.165) is 17.5 Å². The molecule has 1 aromatic rings. The van der Waals surface area contributed by atoms with Crippen molar-refractivity contribution in [2.24, 2.45) is 0 Å². The quantitative estimate of drug-likeness (QED) is 0.402. The highest BCUT2D eigenvalue weighted by Crippen LogP contribution is 2.25. The summed E-state index contributed by atoms with van der Waals surface area (Å²) in [5, 5.41) is 4.52. The third kappa shape index (κ3) is 7.27. The summed E-state index contributed by atoms with van der Waals surface area (Å²) in [6.07, 6.45) is 6.00. The van der Waals surface area contributed by atoms with Gasteiger partial charge in [0, 0.05) is 25.6 Å². The predicted molar refractivity (Wildman–Crippen MR) is 120 cm³/mol. The molecule has 0 spiro atoms. The lowest BCUT2D eigenvalue weighted by atomic mass is 10.1. The molecule has 2 N–H and O–H groups in total. The van der Waals surface area contributed by atoms with Gasteiger partial charge in [0.2, 0.25) is 0 Å². The van der Waals surface area contributed by atoms with Crippen LogP contribution in [0.4, 0.5) is 9.18 Å². The molecule has 1 unspecified atom stereocenters. The van der Waals surface area contributed by atoms with Gasteiger partial charge in [0.05, 0.1) is 0 Å². The molecule has 4 amide bonds. The van der Waals surface area contributed by atoms with Crippen LogP contribution in [0.25, 0.3) is 0 Å². The van der Waals surface area contributed by atoms with Gasteiger partial charge in [-0.1, -0.05) is 31.9 Å². The summed E-state index contributed by atoms with van der Waals surface area (Å²) in [6.45, 7) is 4.88. The van der Waals surface area contributed by atoms with Crippen LogP contribution in [0, 0.1) is 11.8 Å². The van der Waals surface area contributed by atoms with E-state index in [0.29, 0.717) is 31.7 Å². The SMILES string of the molecule is CC/C=C(F)\C=C/CC1NC(=O)NC1=O.CCC#CCOc1ccc2c(c1)C(=O)N(C)C2. The second kappa shape index (κ2) is 12.3. The van der Waals surface area contributed by atoms with Crippen LogP contribution in [0.15, 0.2) is 42.3 Å². The highest BCUT2D eigenvalue weighted by molar-refractivity contribution is 6.04. The molecule has 8 heteroatoms. The largest absolute Gasteiger partial charge is 0.481 e. The van der Waals surface area contributed by atoms with Gasteiger partial charge in [0.1, 0.15) is 24.2 Å². The lowest BCUT2D eigenvalue weighted by Crippen LogP contribution is -2.27. The molecule has 1 saturated heterocycles. The van der Waals surface area contributed by atoms with Crippen molar-refractivity contribution in [3.8, 4) is 17.6 Å². The number of carbonyl (C=O) groups is 3. The standard InChI is InChI=1S/C14H15NO2.C10H13FN2O2/c1-3-4-5-8-17-12-7-6-11-10-15(2)14(16)13(11)9-12;1-2-4-7(11)5-3-6-8-9(14)13-10(15)12-8/h6-7,9H,3,8,10H2,1-2H3;3-5,8H,2,6H2,1H3,(H2,12,13,14,15)/b;5-3-,7-4+. The smallest absolute Gasteiger partial charge is 0.322 e. The number of rotatable bonds is 6. The van der Waals surface area contributed by atoms with E-state index < -0.39 is 12.1 Å². The number of imide groups is 1. The van der Waals surface area contributed by atoms with Crippen LogP contribution < -0.4 is 15.4 Å². The van der Waals surface area contributed by atoms with Crippen molar-refractivity contribution in [1.29, 1.82) is 0 Å². The zero-order valence-corrected chi connectivity index (χ0v) is 18.5. The Morgan fingerprint density at radius 3 is 2.72 bits per heavy atom. The van der Waals surface area contributed by atoms with Gasteiger partial charge in [-0.3, -0.25) is 14.9 Å². The molecule has 7 nitrogen and oxygen atoms in total. The number of hydrogen-bond acceptors (Lipinski definition) is 4. The summed E-state index contributed by atoms with van der Waals surface area (Å²) in [4.78, 5) is 35.2. The van der Waals surface area contributed by atoms with Crippen molar-refractivity contribution < 1.29 is 23.5 Å². The minimum Gasteiger partial charge on any atom is -0.481 e. The fourth-order valence-corrected chi connectivity index (χ4v) is 3.02. The summed E-state index contributed by atoms with van der Waals surface area (Å²) in [5.74, 6) is 5.90. The van der Waals surface area contributed by atoms with E-state index in [9.17, 15) is 18.8 Å². The zero-order valence-electron chi connectivity index (χ0n) is 18.5. The minimum atomic E-state index is -0.580. The van der Waals surface area contributed by atoms with Gasteiger partial charge in [-0.15, -0.1) is 5.92 Å². The number of fused-ring (bicyclic) bond motifs is 1. The summed E-state index contributed by atoms with van der Waals surface area (Å²) in [6, 6.07) is 4.55. The number of ether oxygens (including phenoxy) is 1. The van der Waals surface area contributed by atoms with E-state index in [1.54, 1.807) is 18.0 Å². The number of carbonyl (C=O) groups excluding carboxylic acids is 3. The minimum absolute atomic E-state index is 0.0603. The van der Waals surface area contributed by atoms with Crippen molar-refractivity contribution >= 4 is 17.8 Å². The van der Waals surface area contributed by atoms with Crippen LogP contribution in [-0.4, -0.2) is 42.4 Å². The molecule has 3 rings (SSSR count). The van der Waals surface area contributed by atoms with E-state index in [2.05, 4.69) is 22.5 Å². The molecular weight excluding hydrogens is 413 g/mol. The third-order valence-electron chi connectivity index (χ3n) is 4.59. The Balaban J connectivity index is 0.000000229. The lowest BCUT2D eigenvalue weighted by Gasteiger charge is -2.04. The molecule has 0 radical (unpaired) electrons. The summed E-state index contributed by atoms with van der Waals surface area (Å²) >= 11 is 0. The molecular formula is C24H28FN3O4. The molecule has 2 aliphatic heterocycles. The highest BCUT2D eigenvalue weighted by atomic mass is 19.1. The highest BCUT2D eigenvalue weighted by Gasteiger charge is 2.28. The Labute approximate surface area is 187 Å². The number of amides is 4. The second-order valence-corrected chi connectivity index (χ2v) is 7.13. The van der Waals surface area contributed by atoms with E-state index in [1.165, 1.54) is 18.2 Å². The van der Waals surface area contributed by atoms with Crippen molar-refractivity contribution in [2.75, 3.05) is 13.7 Å². The molecule has 1 atom stereocenters. The summed E-state index contributed by atoms with van der Waals surface area (Å²) in [5.41, 5.74) is 1.80. The van der Waals surface area contributed by atoms with Crippen molar-refractivity contribution in [2.45, 2.75) is 45.7 Å². The van der Waals surface area contributed by atoms with E-state index in [1.807, 2.05) is 26.0 Å². The maximum atomic E-state index is 12.8. The number of hydrogen-bond donors (Lipinski definition) is 2. The summed E-state index contributed by atoms with van der Waals surface area (Å²) in [7, 11) is 1.80. The maximum absolute atomic E-state index is 12.8. The van der Waals surface area contributed by atoms with Crippen molar-refractivity contribution in [3.63, 3.8) is 0 Å². The fraction of sp³-hybridized carbons (Fsp3) is 0.375. The first-order chi connectivity index (χ1) is 15.3. The fourth-order valence-electron chi connectivity index (χ4n) is 3.02. The normalized spacial score (nSPS) is 17.2. The topological polar surface area (TPSA) is 87.7 Å². The van der Waals surface area contributed by atoms with Crippen LogP contribution >= 0.6 is 0 Å². The van der Waals surface area contributed by atoms with Crippen LogP contribution in [0.1, 0.15) is 49.0 Å². The second-order valence-electron chi connectivity index (χ2n) is 7.13. The Kier molecular flexibility index (Phi) is 9.48. The molecule has 0 aromatic heterocycles. The Morgan fingerprint density at radius 1 is 1.28 bits per heavy atom. The molecule has 32 heavy (non-hydrogen) atoms. The zero-order chi connectivity index (χ0) is 23.5. The van der Waals surface area contributed by atoms with E-state index in [4.69, 9.17) is 4.74 Å². The van der Waals surface area contributed by atoms with Gasteiger partial charge in [0.15, 0.2) is 0 Å². The van der Waals surface area contributed by atoms with Gasteiger partial charge in [-0.2, -0.15) is 0 Å². The first kappa shape index (κ1) is 24.7. The Hall–Kier alpha value is -3.60. The molecule has 2 aliphatic rings. The van der Waals surface area contributed by atoms with Gasteiger partial charge < -0.3 is 15.0 Å². The summed E-state index contributed by atoms with van der Waals surface area (Å²) < 4.78 is 18.3. The number of nitrogens with zero attached hydrogens (tertiary/aromatic N) is 1. The Morgan fingerprint density at radius 2 is 2.06 bits per heavy atom. The van der Waals surface area contributed by atoms with E-state index in [-0.39, 0.29) is 17.6 Å². The van der Waals surface area contributed by atoms with Gasteiger partial charge in [-0.25, -0.2) is 9.18 Å². The first-order valence-corrected chi connectivity index (χ1v) is 10.5.